The van der Waals surface area contributed by atoms with Gasteiger partial charge in [0.25, 0.3) is 0 Å². The van der Waals surface area contributed by atoms with E-state index >= 15 is 0 Å². The third kappa shape index (κ3) is 4.91. The first-order valence-corrected chi connectivity index (χ1v) is 7.46. The highest BCUT2D eigenvalue weighted by Gasteiger charge is 2.35. The fourth-order valence-electron chi connectivity index (χ4n) is 2.65. The minimum absolute atomic E-state index is 0.0214. The number of nitrogens with zero attached hydrogens (tertiary/aromatic N) is 1. The molecule has 0 aromatic rings. The highest BCUT2D eigenvalue weighted by atomic mass is 16.4. The molecule has 0 aromatic heterocycles. The van der Waals surface area contributed by atoms with Gasteiger partial charge in [0.1, 0.15) is 6.04 Å². The van der Waals surface area contributed by atoms with E-state index in [1.807, 2.05) is 13.8 Å². The maximum Gasteiger partial charge on any atom is 0.312 e. The van der Waals surface area contributed by atoms with Gasteiger partial charge in [-0.3, -0.25) is 9.59 Å². The molecule has 1 rings (SSSR count). The molecule has 120 valence electrons. The van der Waals surface area contributed by atoms with Crippen LogP contribution in [0.5, 0.6) is 0 Å². The molecule has 1 heterocycles. The third-order valence-corrected chi connectivity index (χ3v) is 3.98. The first-order chi connectivity index (χ1) is 9.86. The van der Waals surface area contributed by atoms with E-state index in [1.165, 1.54) is 0 Å². The SMILES string of the molecule is CCCCC(NC(N)=O)C(=O)N1CC(C(=O)O)CCC1C. The minimum Gasteiger partial charge on any atom is -0.481 e. The highest BCUT2D eigenvalue weighted by molar-refractivity contribution is 5.87. The Kier molecular flexibility index (Phi) is 6.45. The standard InChI is InChI=1S/C14H25N3O4/c1-3-4-5-11(16-14(15)21)12(18)17-8-10(13(19)20)7-6-9(17)2/h9-11H,3-8H2,1-2H3,(H,19,20)(H3,15,16,21). The number of carboxylic acids is 1. The molecule has 1 aliphatic rings. The average molecular weight is 299 g/mol. The van der Waals surface area contributed by atoms with Gasteiger partial charge in [-0.25, -0.2) is 4.79 Å². The average Bonchev–Trinajstić information content (AvgIpc) is 2.42. The zero-order valence-corrected chi connectivity index (χ0v) is 12.7. The van der Waals surface area contributed by atoms with Crippen molar-refractivity contribution < 1.29 is 19.5 Å². The van der Waals surface area contributed by atoms with Gasteiger partial charge in [-0.05, 0) is 26.2 Å². The Balaban J connectivity index is 2.78. The Bertz CT molecular complexity index is 400. The summed E-state index contributed by atoms with van der Waals surface area (Å²) < 4.78 is 0. The Labute approximate surface area is 124 Å². The predicted octanol–water partition coefficient (Wildman–Crippen LogP) is 0.925. The Hall–Kier alpha value is -1.79. The lowest BCUT2D eigenvalue weighted by molar-refractivity contribution is -0.147. The largest absolute Gasteiger partial charge is 0.481 e. The number of hydrogen-bond acceptors (Lipinski definition) is 3. The summed E-state index contributed by atoms with van der Waals surface area (Å²) in [5.74, 6) is -1.65. The number of amides is 3. The summed E-state index contributed by atoms with van der Waals surface area (Å²) in [6.45, 7) is 4.09. The van der Waals surface area contributed by atoms with Crippen molar-refractivity contribution in [3.63, 3.8) is 0 Å². The molecular formula is C14H25N3O4. The predicted molar refractivity (Wildman–Crippen MR) is 77.6 cm³/mol. The van der Waals surface area contributed by atoms with Crippen LogP contribution < -0.4 is 11.1 Å². The van der Waals surface area contributed by atoms with Crippen molar-refractivity contribution >= 4 is 17.9 Å². The number of rotatable bonds is 6. The van der Waals surface area contributed by atoms with Crippen LogP contribution >= 0.6 is 0 Å². The van der Waals surface area contributed by atoms with Gasteiger partial charge in [-0.1, -0.05) is 19.8 Å². The molecule has 21 heavy (non-hydrogen) atoms. The number of carbonyl (C=O) groups excluding carboxylic acids is 2. The molecule has 0 bridgehead atoms. The van der Waals surface area contributed by atoms with Gasteiger partial charge in [-0.2, -0.15) is 0 Å². The van der Waals surface area contributed by atoms with Crippen molar-refractivity contribution in [1.82, 2.24) is 10.2 Å². The highest BCUT2D eigenvalue weighted by Crippen LogP contribution is 2.23. The number of carbonyl (C=O) groups is 3. The smallest absolute Gasteiger partial charge is 0.312 e. The van der Waals surface area contributed by atoms with E-state index in [0.717, 1.165) is 12.8 Å². The summed E-state index contributed by atoms with van der Waals surface area (Å²) in [7, 11) is 0. The number of likely N-dealkylation sites (tertiary alicyclic amines) is 1. The van der Waals surface area contributed by atoms with E-state index in [9.17, 15) is 14.4 Å². The van der Waals surface area contributed by atoms with Crippen LogP contribution in [0.2, 0.25) is 0 Å². The molecular weight excluding hydrogens is 274 g/mol. The molecule has 0 saturated carbocycles. The van der Waals surface area contributed by atoms with E-state index in [4.69, 9.17) is 10.8 Å². The number of aliphatic carboxylic acids is 1. The maximum atomic E-state index is 12.6. The second-order valence-corrected chi connectivity index (χ2v) is 5.66. The molecule has 1 saturated heterocycles. The molecule has 3 atom stereocenters. The molecule has 1 aliphatic heterocycles. The summed E-state index contributed by atoms with van der Waals surface area (Å²) in [5, 5.41) is 11.6. The van der Waals surface area contributed by atoms with Crippen LogP contribution in [-0.4, -0.2) is 46.5 Å². The maximum absolute atomic E-state index is 12.6. The van der Waals surface area contributed by atoms with Gasteiger partial charge < -0.3 is 21.1 Å². The number of primary amides is 1. The summed E-state index contributed by atoms with van der Waals surface area (Å²) >= 11 is 0. The third-order valence-electron chi connectivity index (χ3n) is 3.98. The molecule has 3 unspecified atom stereocenters. The van der Waals surface area contributed by atoms with E-state index in [2.05, 4.69) is 5.32 Å². The number of urea groups is 1. The van der Waals surface area contributed by atoms with Crippen molar-refractivity contribution in [2.24, 2.45) is 11.7 Å². The Morgan fingerprint density at radius 1 is 1.38 bits per heavy atom. The number of unbranched alkanes of at least 4 members (excludes halogenated alkanes) is 1. The second-order valence-electron chi connectivity index (χ2n) is 5.66. The molecule has 1 fully saturated rings. The van der Waals surface area contributed by atoms with Crippen molar-refractivity contribution in [2.75, 3.05) is 6.54 Å². The van der Waals surface area contributed by atoms with Gasteiger partial charge in [0.05, 0.1) is 5.92 Å². The van der Waals surface area contributed by atoms with Gasteiger partial charge in [-0.15, -0.1) is 0 Å². The minimum atomic E-state index is -0.882. The van der Waals surface area contributed by atoms with Crippen molar-refractivity contribution in [3.05, 3.63) is 0 Å². The summed E-state index contributed by atoms with van der Waals surface area (Å²) in [6, 6.07) is -1.42. The zero-order valence-electron chi connectivity index (χ0n) is 12.7. The Morgan fingerprint density at radius 2 is 2.05 bits per heavy atom. The molecule has 4 N–H and O–H groups in total. The van der Waals surface area contributed by atoms with E-state index in [-0.39, 0.29) is 18.5 Å². The lowest BCUT2D eigenvalue weighted by Gasteiger charge is -2.38. The molecule has 7 nitrogen and oxygen atoms in total. The second kappa shape index (κ2) is 7.85. The number of nitrogens with two attached hydrogens (primary N) is 1. The van der Waals surface area contributed by atoms with Crippen molar-refractivity contribution in [3.8, 4) is 0 Å². The van der Waals surface area contributed by atoms with Crippen molar-refractivity contribution in [2.45, 2.75) is 58.0 Å². The quantitative estimate of drug-likeness (QED) is 0.677. The number of piperidine rings is 1. The lowest BCUT2D eigenvalue weighted by Crippen LogP contribution is -2.55. The fraction of sp³-hybridized carbons (Fsp3) is 0.786. The molecule has 0 aliphatic carbocycles. The van der Waals surface area contributed by atoms with Crippen LogP contribution in [0.3, 0.4) is 0 Å². The van der Waals surface area contributed by atoms with Crippen LogP contribution in [0, 0.1) is 5.92 Å². The summed E-state index contributed by atoms with van der Waals surface area (Å²) in [6.07, 6.45) is 3.43. The number of carboxylic acid groups (broad SMARTS) is 1. The van der Waals surface area contributed by atoms with E-state index < -0.39 is 24.0 Å². The zero-order chi connectivity index (χ0) is 16.0. The topological polar surface area (TPSA) is 113 Å². The van der Waals surface area contributed by atoms with Gasteiger partial charge >= 0.3 is 12.0 Å². The van der Waals surface area contributed by atoms with E-state index in [1.54, 1.807) is 4.90 Å². The van der Waals surface area contributed by atoms with Crippen LogP contribution in [0.15, 0.2) is 0 Å². The van der Waals surface area contributed by atoms with Gasteiger partial charge in [0, 0.05) is 12.6 Å². The van der Waals surface area contributed by atoms with Crippen LogP contribution in [0.1, 0.15) is 46.0 Å². The normalized spacial score (nSPS) is 23.4. The summed E-state index contributed by atoms with van der Waals surface area (Å²) in [4.78, 5) is 36.3. The van der Waals surface area contributed by atoms with E-state index in [0.29, 0.717) is 19.3 Å². The van der Waals surface area contributed by atoms with Crippen LogP contribution in [0.4, 0.5) is 4.79 Å². The van der Waals surface area contributed by atoms with Gasteiger partial charge in [0.15, 0.2) is 0 Å². The molecule has 3 amide bonds. The first-order valence-electron chi connectivity index (χ1n) is 7.46. The molecule has 0 radical (unpaired) electrons. The fourth-order valence-corrected chi connectivity index (χ4v) is 2.65. The first kappa shape index (κ1) is 17.3. The molecule has 0 aromatic carbocycles. The lowest BCUT2D eigenvalue weighted by atomic mass is 9.92. The number of hydrogen-bond donors (Lipinski definition) is 3. The number of nitrogens with one attached hydrogen (secondary N) is 1. The van der Waals surface area contributed by atoms with Gasteiger partial charge in [0.2, 0.25) is 5.91 Å². The molecule has 7 heteroatoms. The summed E-state index contributed by atoms with van der Waals surface area (Å²) in [5.41, 5.74) is 5.13. The van der Waals surface area contributed by atoms with Crippen LogP contribution in [0.25, 0.3) is 0 Å². The van der Waals surface area contributed by atoms with Crippen LogP contribution in [-0.2, 0) is 9.59 Å². The van der Waals surface area contributed by atoms with Crippen molar-refractivity contribution in [1.29, 1.82) is 0 Å². The Morgan fingerprint density at radius 3 is 2.57 bits per heavy atom. The molecule has 0 spiro atoms. The monoisotopic (exact) mass is 299 g/mol.